The maximum Gasteiger partial charge on any atom is 0.330 e. The molecule has 0 saturated heterocycles. The highest BCUT2D eigenvalue weighted by Crippen LogP contribution is 2.11. The van der Waals surface area contributed by atoms with Crippen molar-refractivity contribution in [1.82, 2.24) is 20.2 Å². The van der Waals surface area contributed by atoms with E-state index in [4.69, 9.17) is 4.74 Å². The minimum atomic E-state index is -0.388. The number of anilines is 1. The molecule has 0 aliphatic rings. The van der Waals surface area contributed by atoms with Crippen LogP contribution in [0.5, 0.6) is 0 Å². The molecule has 0 atom stereocenters. The van der Waals surface area contributed by atoms with Gasteiger partial charge in [-0.1, -0.05) is 12.1 Å². The summed E-state index contributed by atoms with van der Waals surface area (Å²) in [7, 11) is 0. The third-order valence-electron chi connectivity index (χ3n) is 2.59. The minimum Gasteiger partial charge on any atom is -0.463 e. The zero-order chi connectivity index (χ0) is 15.8. The fourth-order valence-electron chi connectivity index (χ4n) is 1.63. The van der Waals surface area contributed by atoms with E-state index >= 15 is 0 Å². The Morgan fingerprint density at radius 2 is 2.09 bits per heavy atom. The number of amides is 1. The predicted octanol–water partition coefficient (Wildman–Crippen LogP) is 0.888. The summed E-state index contributed by atoms with van der Waals surface area (Å²) >= 11 is 0. The van der Waals surface area contributed by atoms with Crippen molar-refractivity contribution in [2.45, 2.75) is 13.5 Å². The second-order valence-electron chi connectivity index (χ2n) is 4.26. The molecule has 0 spiro atoms. The van der Waals surface area contributed by atoms with Gasteiger partial charge in [0.15, 0.2) is 0 Å². The van der Waals surface area contributed by atoms with Gasteiger partial charge in [-0.3, -0.25) is 4.79 Å². The molecule has 0 saturated carbocycles. The molecule has 1 amide bonds. The topological polar surface area (TPSA) is 99.0 Å². The molecule has 0 aliphatic heterocycles. The summed E-state index contributed by atoms with van der Waals surface area (Å²) in [6, 6.07) is 7.04. The van der Waals surface area contributed by atoms with E-state index in [-0.39, 0.29) is 18.4 Å². The molecule has 0 aliphatic carbocycles. The number of esters is 1. The molecule has 22 heavy (non-hydrogen) atoms. The average molecular weight is 301 g/mol. The quantitative estimate of drug-likeness (QED) is 0.628. The van der Waals surface area contributed by atoms with Crippen molar-refractivity contribution in [3.8, 4) is 0 Å². The number of hydrogen-bond donors (Lipinski definition) is 1. The SMILES string of the molecule is CCOC(=O)/C=C/c1ccc(NC(=O)Cn2cnnn2)cc1. The fourth-order valence-corrected chi connectivity index (χ4v) is 1.63. The van der Waals surface area contributed by atoms with Crippen LogP contribution in [0.1, 0.15) is 12.5 Å². The Morgan fingerprint density at radius 3 is 2.73 bits per heavy atom. The first-order valence-corrected chi connectivity index (χ1v) is 6.63. The smallest absolute Gasteiger partial charge is 0.330 e. The van der Waals surface area contributed by atoms with Gasteiger partial charge in [0.1, 0.15) is 12.9 Å². The van der Waals surface area contributed by atoms with Crippen molar-refractivity contribution >= 4 is 23.6 Å². The zero-order valence-electron chi connectivity index (χ0n) is 12.0. The summed E-state index contributed by atoms with van der Waals surface area (Å²) in [6.07, 6.45) is 4.36. The van der Waals surface area contributed by atoms with Crippen LogP contribution in [-0.2, 0) is 20.9 Å². The molecule has 1 N–H and O–H groups in total. The van der Waals surface area contributed by atoms with Gasteiger partial charge in [-0.2, -0.15) is 0 Å². The summed E-state index contributed by atoms with van der Waals surface area (Å²) in [5.41, 5.74) is 1.47. The zero-order valence-corrected chi connectivity index (χ0v) is 12.0. The number of tetrazole rings is 1. The van der Waals surface area contributed by atoms with Crippen molar-refractivity contribution in [3.63, 3.8) is 0 Å². The van der Waals surface area contributed by atoms with Crippen LogP contribution in [0.25, 0.3) is 6.08 Å². The van der Waals surface area contributed by atoms with Crippen LogP contribution < -0.4 is 5.32 Å². The number of carbonyl (C=O) groups excluding carboxylic acids is 2. The minimum absolute atomic E-state index is 0.0392. The number of aromatic nitrogens is 4. The second kappa shape index (κ2) is 7.67. The van der Waals surface area contributed by atoms with Crippen LogP contribution >= 0.6 is 0 Å². The van der Waals surface area contributed by atoms with Crippen molar-refractivity contribution in [3.05, 3.63) is 42.2 Å². The molecule has 2 aromatic rings. The molecule has 8 heteroatoms. The van der Waals surface area contributed by atoms with Gasteiger partial charge in [0.2, 0.25) is 5.91 Å². The molecule has 1 aromatic carbocycles. The van der Waals surface area contributed by atoms with Crippen LogP contribution in [-0.4, -0.2) is 38.7 Å². The van der Waals surface area contributed by atoms with Crippen molar-refractivity contribution < 1.29 is 14.3 Å². The predicted molar refractivity (Wildman–Crippen MR) is 78.6 cm³/mol. The lowest BCUT2D eigenvalue weighted by Gasteiger charge is -2.05. The van der Waals surface area contributed by atoms with E-state index < -0.39 is 0 Å². The largest absolute Gasteiger partial charge is 0.463 e. The lowest BCUT2D eigenvalue weighted by molar-refractivity contribution is -0.137. The third-order valence-corrected chi connectivity index (χ3v) is 2.59. The van der Waals surface area contributed by atoms with Crippen LogP contribution in [0.2, 0.25) is 0 Å². The van der Waals surface area contributed by atoms with E-state index in [9.17, 15) is 9.59 Å². The fraction of sp³-hybridized carbons (Fsp3) is 0.214. The Morgan fingerprint density at radius 1 is 1.32 bits per heavy atom. The Labute approximate surface area is 126 Å². The number of nitrogens with zero attached hydrogens (tertiary/aromatic N) is 4. The van der Waals surface area contributed by atoms with Crippen LogP contribution in [0.15, 0.2) is 36.7 Å². The molecular formula is C14H15N5O3. The second-order valence-corrected chi connectivity index (χ2v) is 4.26. The van der Waals surface area contributed by atoms with Gasteiger partial charge in [0, 0.05) is 11.8 Å². The number of ether oxygens (including phenoxy) is 1. The lowest BCUT2D eigenvalue weighted by Crippen LogP contribution is -2.19. The maximum absolute atomic E-state index is 11.7. The Bertz CT molecular complexity index is 650. The molecule has 8 nitrogen and oxygen atoms in total. The third kappa shape index (κ3) is 4.82. The number of benzene rings is 1. The van der Waals surface area contributed by atoms with E-state index in [0.717, 1.165) is 5.56 Å². The molecule has 0 unspecified atom stereocenters. The van der Waals surface area contributed by atoms with Gasteiger partial charge in [-0.15, -0.1) is 5.10 Å². The highest BCUT2D eigenvalue weighted by Gasteiger charge is 2.04. The maximum atomic E-state index is 11.7. The molecule has 114 valence electrons. The molecule has 0 fully saturated rings. The highest BCUT2D eigenvalue weighted by atomic mass is 16.5. The van der Waals surface area contributed by atoms with Gasteiger partial charge in [0.05, 0.1) is 6.61 Å². The summed E-state index contributed by atoms with van der Waals surface area (Å²) in [4.78, 5) is 22.9. The molecule has 1 aromatic heterocycles. The molecule has 1 heterocycles. The standard InChI is InChI=1S/C14H15N5O3/c1-2-22-14(21)8-5-11-3-6-12(7-4-11)16-13(20)9-19-10-15-17-18-19/h3-8,10H,2,9H2,1H3,(H,16,20)/b8-5+. The normalized spacial score (nSPS) is 10.6. The van der Waals surface area contributed by atoms with Gasteiger partial charge in [0.25, 0.3) is 0 Å². The van der Waals surface area contributed by atoms with E-state index in [1.807, 2.05) is 0 Å². The van der Waals surface area contributed by atoms with Crippen LogP contribution in [0.4, 0.5) is 5.69 Å². The molecular weight excluding hydrogens is 286 g/mol. The summed E-state index contributed by atoms with van der Waals surface area (Å²) in [5.74, 6) is -0.622. The van der Waals surface area contributed by atoms with Gasteiger partial charge >= 0.3 is 5.97 Å². The van der Waals surface area contributed by atoms with Crippen LogP contribution in [0.3, 0.4) is 0 Å². The van der Waals surface area contributed by atoms with E-state index in [0.29, 0.717) is 12.3 Å². The molecule has 0 bridgehead atoms. The first-order valence-electron chi connectivity index (χ1n) is 6.63. The van der Waals surface area contributed by atoms with E-state index in [2.05, 4.69) is 20.8 Å². The molecule has 0 radical (unpaired) electrons. The Kier molecular flexibility index (Phi) is 5.36. The Balaban J connectivity index is 1.88. The summed E-state index contributed by atoms with van der Waals surface area (Å²) < 4.78 is 6.11. The monoisotopic (exact) mass is 301 g/mol. The van der Waals surface area contributed by atoms with Gasteiger partial charge < -0.3 is 10.1 Å². The first kappa shape index (κ1) is 15.4. The number of carbonyl (C=O) groups is 2. The van der Waals surface area contributed by atoms with Crippen molar-refractivity contribution in [1.29, 1.82) is 0 Å². The van der Waals surface area contributed by atoms with Gasteiger partial charge in [-0.05, 0) is 41.1 Å². The highest BCUT2D eigenvalue weighted by molar-refractivity contribution is 5.91. The first-order chi connectivity index (χ1) is 10.7. The average Bonchev–Trinajstić information content (AvgIpc) is 2.99. The lowest BCUT2D eigenvalue weighted by atomic mass is 10.2. The van der Waals surface area contributed by atoms with Crippen molar-refractivity contribution in [2.75, 3.05) is 11.9 Å². The number of nitrogens with one attached hydrogen (secondary N) is 1. The summed E-state index contributed by atoms with van der Waals surface area (Å²) in [5, 5.41) is 13.2. The number of hydrogen-bond acceptors (Lipinski definition) is 6. The Hall–Kier alpha value is -3.03. The van der Waals surface area contributed by atoms with Crippen LogP contribution in [0, 0.1) is 0 Å². The number of rotatable bonds is 6. The molecule has 2 rings (SSSR count). The van der Waals surface area contributed by atoms with Crippen molar-refractivity contribution in [2.24, 2.45) is 0 Å². The summed E-state index contributed by atoms with van der Waals surface area (Å²) in [6.45, 7) is 2.13. The van der Waals surface area contributed by atoms with E-state index in [1.165, 1.54) is 17.1 Å². The van der Waals surface area contributed by atoms with E-state index in [1.54, 1.807) is 37.3 Å². The van der Waals surface area contributed by atoms with Gasteiger partial charge in [-0.25, -0.2) is 9.48 Å².